The molecule has 1 aromatic rings. The SMILES string of the molecule is CC(C)CN(CC(N)=O)C(=O)c1cccc2c1CCNC2. The zero-order valence-electron chi connectivity index (χ0n) is 12.7. The molecule has 2 amide bonds. The number of primary amides is 1. The molecule has 2 rings (SSSR count). The highest BCUT2D eigenvalue weighted by atomic mass is 16.2. The van der Waals surface area contributed by atoms with E-state index < -0.39 is 5.91 Å². The average molecular weight is 289 g/mol. The number of amides is 2. The molecule has 21 heavy (non-hydrogen) atoms. The topological polar surface area (TPSA) is 75.4 Å². The van der Waals surface area contributed by atoms with E-state index in [1.54, 1.807) is 4.90 Å². The molecule has 1 aliphatic rings. The van der Waals surface area contributed by atoms with Crippen LogP contribution in [0.1, 0.15) is 35.3 Å². The van der Waals surface area contributed by atoms with E-state index >= 15 is 0 Å². The number of nitrogens with zero attached hydrogens (tertiary/aromatic N) is 1. The van der Waals surface area contributed by atoms with Crippen molar-refractivity contribution < 1.29 is 9.59 Å². The molecular formula is C16H23N3O2. The minimum atomic E-state index is -0.476. The standard InChI is InChI=1S/C16H23N3O2/c1-11(2)9-19(10-15(17)20)16(21)14-5-3-4-12-8-18-7-6-13(12)14/h3-5,11,18H,6-10H2,1-2H3,(H2,17,20). The number of carbonyl (C=O) groups is 2. The predicted molar refractivity (Wildman–Crippen MR) is 81.8 cm³/mol. The van der Waals surface area contributed by atoms with Crippen molar-refractivity contribution in [2.75, 3.05) is 19.6 Å². The number of hydrogen-bond donors (Lipinski definition) is 2. The van der Waals surface area contributed by atoms with E-state index in [0.717, 1.165) is 30.6 Å². The highest BCUT2D eigenvalue weighted by Crippen LogP contribution is 2.20. The monoisotopic (exact) mass is 289 g/mol. The Balaban J connectivity index is 2.29. The minimum Gasteiger partial charge on any atom is -0.368 e. The van der Waals surface area contributed by atoms with Crippen molar-refractivity contribution in [1.29, 1.82) is 0 Å². The molecule has 3 N–H and O–H groups in total. The van der Waals surface area contributed by atoms with E-state index in [-0.39, 0.29) is 18.4 Å². The Labute approximate surface area is 125 Å². The molecule has 1 aliphatic heterocycles. The third kappa shape index (κ3) is 3.82. The molecule has 0 saturated carbocycles. The molecule has 0 aromatic heterocycles. The molecule has 1 aromatic carbocycles. The van der Waals surface area contributed by atoms with Crippen molar-refractivity contribution in [3.05, 3.63) is 34.9 Å². The van der Waals surface area contributed by atoms with Gasteiger partial charge in [0, 0.05) is 18.7 Å². The largest absolute Gasteiger partial charge is 0.368 e. The van der Waals surface area contributed by atoms with Gasteiger partial charge in [0.05, 0.1) is 6.54 Å². The Bertz CT molecular complexity index is 540. The molecule has 0 bridgehead atoms. The van der Waals surface area contributed by atoms with Gasteiger partial charge in [0.2, 0.25) is 5.91 Å². The summed E-state index contributed by atoms with van der Waals surface area (Å²) in [5.41, 5.74) is 8.24. The van der Waals surface area contributed by atoms with E-state index in [0.29, 0.717) is 12.1 Å². The fraction of sp³-hybridized carbons (Fsp3) is 0.500. The number of carbonyl (C=O) groups excluding carboxylic acids is 2. The summed E-state index contributed by atoms with van der Waals surface area (Å²) in [5.74, 6) is -0.286. The highest BCUT2D eigenvalue weighted by molar-refractivity contribution is 5.98. The molecule has 114 valence electrons. The van der Waals surface area contributed by atoms with Crippen LogP contribution in [0.2, 0.25) is 0 Å². The molecule has 0 aliphatic carbocycles. The van der Waals surface area contributed by atoms with Crippen LogP contribution in [0.15, 0.2) is 18.2 Å². The third-order valence-electron chi connectivity index (χ3n) is 3.59. The van der Waals surface area contributed by atoms with Crippen molar-refractivity contribution in [3.63, 3.8) is 0 Å². The van der Waals surface area contributed by atoms with Gasteiger partial charge in [-0.1, -0.05) is 26.0 Å². The van der Waals surface area contributed by atoms with Crippen LogP contribution in [0.3, 0.4) is 0 Å². The lowest BCUT2D eigenvalue weighted by molar-refractivity contribution is -0.118. The maximum Gasteiger partial charge on any atom is 0.254 e. The van der Waals surface area contributed by atoms with Crippen LogP contribution < -0.4 is 11.1 Å². The molecule has 5 nitrogen and oxygen atoms in total. The lowest BCUT2D eigenvalue weighted by Crippen LogP contribution is -2.41. The number of rotatable bonds is 5. The highest BCUT2D eigenvalue weighted by Gasteiger charge is 2.23. The van der Waals surface area contributed by atoms with Gasteiger partial charge in [-0.25, -0.2) is 0 Å². The second-order valence-electron chi connectivity index (χ2n) is 5.92. The molecule has 0 fully saturated rings. The number of fused-ring (bicyclic) bond motifs is 1. The predicted octanol–water partition coefficient (Wildman–Crippen LogP) is 0.916. The van der Waals surface area contributed by atoms with E-state index in [4.69, 9.17) is 5.73 Å². The number of hydrogen-bond acceptors (Lipinski definition) is 3. The Morgan fingerprint density at radius 1 is 1.38 bits per heavy atom. The van der Waals surface area contributed by atoms with Crippen molar-refractivity contribution in [2.24, 2.45) is 11.7 Å². The molecule has 0 saturated heterocycles. The minimum absolute atomic E-state index is 0.0288. The Kier molecular flexibility index (Phi) is 4.96. The molecule has 0 spiro atoms. The summed E-state index contributed by atoms with van der Waals surface area (Å²) in [7, 11) is 0. The van der Waals surface area contributed by atoms with Crippen molar-refractivity contribution in [3.8, 4) is 0 Å². The summed E-state index contributed by atoms with van der Waals surface area (Å²) in [4.78, 5) is 25.6. The molecule has 0 atom stereocenters. The summed E-state index contributed by atoms with van der Waals surface area (Å²) in [5, 5.41) is 3.30. The fourth-order valence-corrected chi connectivity index (χ4v) is 2.75. The molecular weight excluding hydrogens is 266 g/mol. The normalized spacial score (nSPS) is 13.9. The van der Waals surface area contributed by atoms with E-state index in [2.05, 4.69) is 5.32 Å². The first-order valence-electron chi connectivity index (χ1n) is 7.38. The second kappa shape index (κ2) is 6.72. The van der Waals surface area contributed by atoms with Crippen molar-refractivity contribution in [2.45, 2.75) is 26.8 Å². The van der Waals surface area contributed by atoms with Crippen LogP contribution in [0.4, 0.5) is 0 Å². The molecule has 1 heterocycles. The second-order valence-corrected chi connectivity index (χ2v) is 5.92. The van der Waals surface area contributed by atoms with E-state index in [9.17, 15) is 9.59 Å². The number of benzene rings is 1. The van der Waals surface area contributed by atoms with Crippen LogP contribution in [0.5, 0.6) is 0 Å². The zero-order chi connectivity index (χ0) is 15.4. The van der Waals surface area contributed by atoms with E-state index in [1.165, 1.54) is 0 Å². The quantitative estimate of drug-likeness (QED) is 0.846. The van der Waals surface area contributed by atoms with Gasteiger partial charge in [-0.15, -0.1) is 0 Å². The Hall–Kier alpha value is -1.88. The van der Waals surface area contributed by atoms with Crippen LogP contribution >= 0.6 is 0 Å². The Morgan fingerprint density at radius 2 is 2.14 bits per heavy atom. The molecule has 0 radical (unpaired) electrons. The third-order valence-corrected chi connectivity index (χ3v) is 3.59. The lowest BCUT2D eigenvalue weighted by Gasteiger charge is -2.26. The van der Waals surface area contributed by atoms with Crippen LogP contribution in [0.25, 0.3) is 0 Å². The van der Waals surface area contributed by atoms with Gasteiger partial charge < -0.3 is 16.0 Å². The number of nitrogens with one attached hydrogen (secondary N) is 1. The fourth-order valence-electron chi connectivity index (χ4n) is 2.75. The van der Waals surface area contributed by atoms with E-state index in [1.807, 2.05) is 32.0 Å². The first-order chi connectivity index (χ1) is 9.99. The van der Waals surface area contributed by atoms with Gasteiger partial charge in [-0.3, -0.25) is 9.59 Å². The summed E-state index contributed by atoms with van der Waals surface area (Å²) in [6, 6.07) is 5.79. The summed E-state index contributed by atoms with van der Waals surface area (Å²) in [6.07, 6.45) is 0.837. The Morgan fingerprint density at radius 3 is 2.81 bits per heavy atom. The molecule has 5 heteroatoms. The van der Waals surface area contributed by atoms with Gasteiger partial charge in [-0.05, 0) is 36.1 Å². The van der Waals surface area contributed by atoms with Gasteiger partial charge in [0.1, 0.15) is 0 Å². The van der Waals surface area contributed by atoms with Gasteiger partial charge >= 0.3 is 0 Å². The smallest absolute Gasteiger partial charge is 0.254 e. The summed E-state index contributed by atoms with van der Waals surface area (Å²) < 4.78 is 0. The average Bonchev–Trinajstić information content (AvgIpc) is 2.44. The molecule has 0 unspecified atom stereocenters. The summed E-state index contributed by atoms with van der Waals surface area (Å²) in [6.45, 7) is 6.20. The maximum absolute atomic E-state index is 12.8. The first-order valence-corrected chi connectivity index (χ1v) is 7.38. The summed E-state index contributed by atoms with van der Waals surface area (Å²) >= 11 is 0. The van der Waals surface area contributed by atoms with Gasteiger partial charge in [-0.2, -0.15) is 0 Å². The van der Waals surface area contributed by atoms with Crippen LogP contribution in [-0.4, -0.2) is 36.3 Å². The van der Waals surface area contributed by atoms with Crippen molar-refractivity contribution in [1.82, 2.24) is 10.2 Å². The van der Waals surface area contributed by atoms with Gasteiger partial charge in [0.25, 0.3) is 5.91 Å². The van der Waals surface area contributed by atoms with Crippen molar-refractivity contribution >= 4 is 11.8 Å². The first kappa shape index (κ1) is 15.5. The maximum atomic E-state index is 12.8. The van der Waals surface area contributed by atoms with Gasteiger partial charge in [0.15, 0.2) is 0 Å². The zero-order valence-corrected chi connectivity index (χ0v) is 12.7. The number of nitrogens with two attached hydrogens (primary N) is 1. The van der Waals surface area contributed by atoms with Crippen LogP contribution in [-0.2, 0) is 17.8 Å². The van der Waals surface area contributed by atoms with Crippen LogP contribution in [0, 0.1) is 5.92 Å². The lowest BCUT2D eigenvalue weighted by atomic mass is 9.94.